The van der Waals surface area contributed by atoms with Crippen molar-refractivity contribution in [3.05, 3.63) is 75.7 Å². The molecule has 1 unspecified atom stereocenters. The van der Waals surface area contributed by atoms with Crippen LogP contribution in [0.3, 0.4) is 0 Å². The molecule has 0 saturated carbocycles. The minimum Gasteiger partial charge on any atom is -0.333 e. The van der Waals surface area contributed by atoms with E-state index in [1.165, 1.54) is 11.1 Å². The maximum absolute atomic E-state index is 13.1. The molecule has 0 spiro atoms. The van der Waals surface area contributed by atoms with Gasteiger partial charge in [0.25, 0.3) is 11.5 Å². The van der Waals surface area contributed by atoms with E-state index in [9.17, 15) is 9.59 Å². The van der Waals surface area contributed by atoms with Crippen LogP contribution in [0.1, 0.15) is 40.5 Å². The molecule has 0 fully saturated rings. The van der Waals surface area contributed by atoms with E-state index in [0.29, 0.717) is 16.5 Å². The van der Waals surface area contributed by atoms with Crippen molar-refractivity contribution in [2.24, 2.45) is 0 Å². The van der Waals surface area contributed by atoms with Gasteiger partial charge in [-0.3, -0.25) is 9.59 Å². The summed E-state index contributed by atoms with van der Waals surface area (Å²) in [6.07, 6.45) is 3.04. The normalized spacial score (nSPS) is 16.4. The summed E-state index contributed by atoms with van der Waals surface area (Å²) in [5.41, 5.74) is 2.52. The van der Waals surface area contributed by atoms with Gasteiger partial charge < -0.3 is 4.90 Å². The number of nitrogens with zero attached hydrogens (tertiary/aromatic N) is 2. The molecule has 1 aromatic heterocycles. The van der Waals surface area contributed by atoms with Crippen LogP contribution < -0.4 is 5.56 Å². The zero-order chi connectivity index (χ0) is 17.4. The molecule has 5 nitrogen and oxygen atoms in total. The largest absolute Gasteiger partial charge is 0.333 e. The minimum absolute atomic E-state index is 0.0324. The Morgan fingerprint density at radius 1 is 1.12 bits per heavy atom. The lowest BCUT2D eigenvalue weighted by atomic mass is 9.87. The molecule has 0 bridgehead atoms. The Kier molecular flexibility index (Phi) is 3.84. The van der Waals surface area contributed by atoms with Gasteiger partial charge in [-0.15, -0.1) is 0 Å². The van der Waals surface area contributed by atoms with E-state index in [4.69, 9.17) is 0 Å². The zero-order valence-corrected chi connectivity index (χ0v) is 14.0. The molecule has 4 rings (SSSR count). The average molecular weight is 333 g/mol. The van der Waals surface area contributed by atoms with Gasteiger partial charge in [0.05, 0.1) is 11.4 Å². The maximum atomic E-state index is 13.1. The lowest BCUT2D eigenvalue weighted by molar-refractivity contribution is 0.0710. The highest BCUT2D eigenvalue weighted by molar-refractivity contribution is 6.04. The number of benzene rings is 2. The molecule has 1 atom stereocenters. The van der Waals surface area contributed by atoms with Gasteiger partial charge in [0.15, 0.2) is 5.69 Å². The van der Waals surface area contributed by atoms with Crippen molar-refractivity contribution >= 4 is 16.7 Å². The molecule has 0 aliphatic heterocycles. The first kappa shape index (κ1) is 15.6. The lowest BCUT2D eigenvalue weighted by Gasteiger charge is -2.33. The Morgan fingerprint density at radius 2 is 1.84 bits per heavy atom. The fourth-order valence-corrected chi connectivity index (χ4v) is 3.72. The number of carbonyl (C=O) groups is 1. The first-order valence-electron chi connectivity index (χ1n) is 8.49. The predicted octanol–water partition coefficient (Wildman–Crippen LogP) is 3.07. The van der Waals surface area contributed by atoms with Gasteiger partial charge in [-0.05, 0) is 36.5 Å². The number of fused-ring (bicyclic) bond motifs is 2. The highest BCUT2D eigenvalue weighted by atomic mass is 16.2. The monoisotopic (exact) mass is 333 g/mol. The minimum atomic E-state index is -0.280. The zero-order valence-electron chi connectivity index (χ0n) is 14.0. The Labute approximate surface area is 145 Å². The molecule has 25 heavy (non-hydrogen) atoms. The number of aromatic nitrogens is 2. The number of hydrogen-bond donors (Lipinski definition) is 1. The number of carbonyl (C=O) groups excluding carboxylic acids is 1. The summed E-state index contributed by atoms with van der Waals surface area (Å²) in [4.78, 5) is 26.8. The van der Waals surface area contributed by atoms with Gasteiger partial charge in [0.1, 0.15) is 0 Å². The number of aromatic amines is 1. The van der Waals surface area contributed by atoms with E-state index in [-0.39, 0.29) is 17.5 Å². The van der Waals surface area contributed by atoms with Crippen LogP contribution >= 0.6 is 0 Å². The van der Waals surface area contributed by atoms with E-state index in [0.717, 1.165) is 19.3 Å². The van der Waals surface area contributed by atoms with Gasteiger partial charge in [0, 0.05) is 12.4 Å². The van der Waals surface area contributed by atoms with E-state index >= 15 is 0 Å². The second-order valence-corrected chi connectivity index (χ2v) is 6.47. The number of hydrogen-bond acceptors (Lipinski definition) is 3. The van der Waals surface area contributed by atoms with Crippen molar-refractivity contribution in [3.8, 4) is 0 Å². The molecule has 126 valence electrons. The molecule has 2 aromatic carbocycles. The lowest BCUT2D eigenvalue weighted by Crippen LogP contribution is -2.34. The van der Waals surface area contributed by atoms with E-state index < -0.39 is 0 Å². The summed E-state index contributed by atoms with van der Waals surface area (Å²) >= 11 is 0. The molecule has 1 aliphatic carbocycles. The molecule has 5 heteroatoms. The summed E-state index contributed by atoms with van der Waals surface area (Å²) in [6, 6.07) is 15.4. The van der Waals surface area contributed by atoms with Crippen molar-refractivity contribution in [2.75, 3.05) is 7.05 Å². The quantitative estimate of drug-likeness (QED) is 0.784. The number of aryl methyl sites for hydroxylation is 1. The van der Waals surface area contributed by atoms with Crippen LogP contribution in [0, 0.1) is 0 Å². The summed E-state index contributed by atoms with van der Waals surface area (Å²) in [5.74, 6) is -0.172. The fourth-order valence-electron chi connectivity index (χ4n) is 3.72. The first-order chi connectivity index (χ1) is 12.2. The highest BCUT2D eigenvalue weighted by Crippen LogP contribution is 2.34. The maximum Gasteiger partial charge on any atom is 0.275 e. The standard InChI is InChI=1S/C20H19N3O2/c1-23(17-12-6-8-13-7-2-3-9-14(13)17)20(25)18-15-10-4-5-11-16(15)19(24)22-21-18/h2-5,7,9-11,17H,6,8,12H2,1H3,(H,22,24). The van der Waals surface area contributed by atoms with Crippen LogP contribution in [0.2, 0.25) is 0 Å². The Balaban J connectivity index is 1.76. The first-order valence-corrected chi connectivity index (χ1v) is 8.49. The second kappa shape index (κ2) is 6.16. The molecule has 0 saturated heterocycles. The van der Waals surface area contributed by atoms with Crippen molar-refractivity contribution in [3.63, 3.8) is 0 Å². The topological polar surface area (TPSA) is 66.1 Å². The van der Waals surface area contributed by atoms with Gasteiger partial charge >= 0.3 is 0 Å². The molecular weight excluding hydrogens is 314 g/mol. The number of rotatable bonds is 2. The number of H-pyrrole nitrogens is 1. The summed E-state index contributed by atoms with van der Waals surface area (Å²) in [5, 5.41) is 7.57. The highest BCUT2D eigenvalue weighted by Gasteiger charge is 2.28. The van der Waals surface area contributed by atoms with Crippen LogP contribution in [-0.2, 0) is 6.42 Å². The average Bonchev–Trinajstić information content (AvgIpc) is 2.67. The molecule has 3 aromatic rings. The Hall–Kier alpha value is -2.95. The van der Waals surface area contributed by atoms with E-state index in [1.54, 1.807) is 23.1 Å². The van der Waals surface area contributed by atoms with Crippen molar-refractivity contribution < 1.29 is 4.79 Å². The summed E-state index contributed by atoms with van der Waals surface area (Å²) < 4.78 is 0. The Bertz CT molecular complexity index is 1010. The van der Waals surface area contributed by atoms with Gasteiger partial charge in [0.2, 0.25) is 0 Å². The predicted molar refractivity (Wildman–Crippen MR) is 96.6 cm³/mol. The second-order valence-electron chi connectivity index (χ2n) is 6.47. The molecule has 1 N–H and O–H groups in total. The van der Waals surface area contributed by atoms with Crippen molar-refractivity contribution in [1.82, 2.24) is 15.1 Å². The summed E-state index contributed by atoms with van der Waals surface area (Å²) in [6.45, 7) is 0. The number of amides is 1. The molecule has 1 heterocycles. The van der Waals surface area contributed by atoms with Crippen LogP contribution in [-0.4, -0.2) is 28.1 Å². The van der Waals surface area contributed by atoms with Gasteiger partial charge in [-0.25, -0.2) is 5.10 Å². The van der Waals surface area contributed by atoms with Crippen LogP contribution in [0.15, 0.2) is 53.3 Å². The smallest absolute Gasteiger partial charge is 0.275 e. The third-order valence-corrected chi connectivity index (χ3v) is 5.02. The van der Waals surface area contributed by atoms with Gasteiger partial charge in [-0.1, -0.05) is 42.5 Å². The van der Waals surface area contributed by atoms with E-state index in [1.807, 2.05) is 25.2 Å². The fraction of sp³-hybridized carbons (Fsp3) is 0.250. The third-order valence-electron chi connectivity index (χ3n) is 5.02. The third kappa shape index (κ3) is 2.61. The number of nitrogens with one attached hydrogen (secondary N) is 1. The molecule has 1 amide bonds. The van der Waals surface area contributed by atoms with E-state index in [2.05, 4.69) is 22.3 Å². The molecule has 1 aliphatic rings. The molecule has 0 radical (unpaired) electrons. The molecular formula is C20H19N3O2. The van der Waals surface area contributed by atoms with Crippen LogP contribution in [0.4, 0.5) is 0 Å². The SMILES string of the molecule is CN(C(=O)c1n[nH]c(=O)c2ccccc12)C1CCCc2ccccc21. The van der Waals surface area contributed by atoms with Crippen LogP contribution in [0.5, 0.6) is 0 Å². The van der Waals surface area contributed by atoms with Crippen molar-refractivity contribution in [2.45, 2.75) is 25.3 Å². The van der Waals surface area contributed by atoms with Crippen LogP contribution in [0.25, 0.3) is 10.8 Å². The summed E-state index contributed by atoms with van der Waals surface area (Å²) in [7, 11) is 1.82. The van der Waals surface area contributed by atoms with Crippen molar-refractivity contribution in [1.29, 1.82) is 0 Å². The van der Waals surface area contributed by atoms with Gasteiger partial charge in [-0.2, -0.15) is 5.10 Å². The Morgan fingerprint density at radius 3 is 2.68 bits per heavy atom.